The zero-order valence-corrected chi connectivity index (χ0v) is 20.7. The number of hydrogen-bond acceptors (Lipinski definition) is 6. The average molecular weight is 489 g/mol. The summed E-state index contributed by atoms with van der Waals surface area (Å²) in [5.41, 5.74) is 10.6. The maximum atomic E-state index is 13.9. The zero-order chi connectivity index (χ0) is 24.5. The SMILES string of the molecule is CNc1ncc2cc(-c3ccc(-c4cccc(C)n4)cc3Cl)c(=O)n(CC3CCC(N)CC3)c2n1. The number of anilines is 1. The molecule has 35 heavy (non-hydrogen) atoms. The second-order valence-electron chi connectivity index (χ2n) is 9.34. The minimum Gasteiger partial charge on any atom is -0.357 e. The molecule has 1 aliphatic rings. The Balaban J connectivity index is 1.61. The lowest BCUT2D eigenvalue weighted by atomic mass is 9.86. The van der Waals surface area contributed by atoms with Crippen molar-refractivity contribution in [1.29, 1.82) is 0 Å². The molecule has 5 rings (SSSR count). The number of nitrogens with one attached hydrogen (secondary N) is 1. The van der Waals surface area contributed by atoms with E-state index in [0.29, 0.717) is 40.2 Å². The predicted octanol–water partition coefficient (Wildman–Crippen LogP) is 5.04. The Morgan fingerprint density at radius 1 is 1.09 bits per heavy atom. The van der Waals surface area contributed by atoms with E-state index in [0.717, 1.165) is 48.0 Å². The minimum atomic E-state index is -0.101. The summed E-state index contributed by atoms with van der Waals surface area (Å²) >= 11 is 6.75. The van der Waals surface area contributed by atoms with Gasteiger partial charge in [-0.05, 0) is 62.8 Å². The van der Waals surface area contributed by atoms with E-state index in [9.17, 15) is 4.79 Å². The number of benzene rings is 1. The summed E-state index contributed by atoms with van der Waals surface area (Å²) in [4.78, 5) is 27.5. The smallest absolute Gasteiger partial charge is 0.260 e. The molecule has 0 unspecified atom stereocenters. The molecular formula is C27H29ClN6O. The van der Waals surface area contributed by atoms with E-state index in [1.165, 1.54) is 0 Å². The van der Waals surface area contributed by atoms with Gasteiger partial charge in [-0.1, -0.05) is 29.8 Å². The van der Waals surface area contributed by atoms with Crippen molar-refractivity contribution in [2.45, 2.75) is 45.2 Å². The highest BCUT2D eigenvalue weighted by atomic mass is 35.5. The minimum absolute atomic E-state index is 0.101. The highest BCUT2D eigenvalue weighted by Gasteiger charge is 2.22. The van der Waals surface area contributed by atoms with Gasteiger partial charge in [0.15, 0.2) is 0 Å². The Hall–Kier alpha value is -3.29. The highest BCUT2D eigenvalue weighted by molar-refractivity contribution is 6.33. The molecule has 0 saturated heterocycles. The molecule has 3 aromatic heterocycles. The van der Waals surface area contributed by atoms with Crippen LogP contribution in [0, 0.1) is 12.8 Å². The van der Waals surface area contributed by atoms with Crippen LogP contribution in [0.5, 0.6) is 0 Å². The Morgan fingerprint density at radius 3 is 2.60 bits per heavy atom. The van der Waals surface area contributed by atoms with Crippen molar-refractivity contribution in [2.24, 2.45) is 11.7 Å². The first kappa shape index (κ1) is 23.5. The fourth-order valence-corrected chi connectivity index (χ4v) is 5.15. The van der Waals surface area contributed by atoms with Crippen LogP contribution in [0.2, 0.25) is 5.02 Å². The molecular weight excluding hydrogens is 460 g/mol. The Morgan fingerprint density at radius 2 is 1.89 bits per heavy atom. The molecule has 0 atom stereocenters. The van der Waals surface area contributed by atoms with Gasteiger partial charge in [0.1, 0.15) is 5.65 Å². The number of nitrogens with zero attached hydrogens (tertiary/aromatic N) is 4. The zero-order valence-electron chi connectivity index (χ0n) is 20.0. The Kier molecular flexibility index (Phi) is 6.54. The summed E-state index contributed by atoms with van der Waals surface area (Å²) < 4.78 is 1.79. The van der Waals surface area contributed by atoms with Crippen LogP contribution in [-0.2, 0) is 6.54 Å². The maximum absolute atomic E-state index is 13.9. The molecule has 0 aliphatic heterocycles. The van der Waals surface area contributed by atoms with Gasteiger partial charge in [-0.3, -0.25) is 14.3 Å². The van der Waals surface area contributed by atoms with E-state index in [4.69, 9.17) is 17.3 Å². The molecule has 3 N–H and O–H groups in total. The van der Waals surface area contributed by atoms with Crippen LogP contribution in [0.1, 0.15) is 31.4 Å². The molecule has 1 saturated carbocycles. The lowest BCUT2D eigenvalue weighted by Gasteiger charge is -2.27. The fraction of sp³-hybridized carbons (Fsp3) is 0.333. The van der Waals surface area contributed by atoms with Crippen LogP contribution in [0.4, 0.5) is 5.95 Å². The van der Waals surface area contributed by atoms with E-state index in [1.54, 1.807) is 17.8 Å². The van der Waals surface area contributed by atoms with Crippen LogP contribution in [0.25, 0.3) is 33.4 Å². The molecule has 1 aliphatic carbocycles. The Bertz CT molecular complexity index is 1440. The van der Waals surface area contributed by atoms with Crippen LogP contribution < -0.4 is 16.6 Å². The molecule has 0 bridgehead atoms. The first-order valence-electron chi connectivity index (χ1n) is 12.0. The number of aromatic nitrogens is 4. The second-order valence-corrected chi connectivity index (χ2v) is 9.74. The van der Waals surface area contributed by atoms with Crippen molar-refractivity contribution in [3.05, 3.63) is 69.7 Å². The summed E-state index contributed by atoms with van der Waals surface area (Å²) in [6, 6.07) is 13.7. The third kappa shape index (κ3) is 4.79. The van der Waals surface area contributed by atoms with Crippen molar-refractivity contribution >= 4 is 28.6 Å². The molecule has 0 amide bonds. The van der Waals surface area contributed by atoms with Crippen LogP contribution in [0.15, 0.2) is 53.5 Å². The summed E-state index contributed by atoms with van der Waals surface area (Å²) in [5.74, 6) is 0.862. The summed E-state index contributed by atoms with van der Waals surface area (Å²) in [6.45, 7) is 2.55. The number of halogens is 1. The quantitative estimate of drug-likeness (QED) is 0.408. The average Bonchev–Trinajstić information content (AvgIpc) is 2.86. The van der Waals surface area contributed by atoms with Gasteiger partial charge in [0.2, 0.25) is 5.95 Å². The third-order valence-corrected chi connectivity index (χ3v) is 7.14. The first-order valence-corrected chi connectivity index (χ1v) is 12.4. The van der Waals surface area contributed by atoms with Gasteiger partial charge in [-0.2, -0.15) is 4.98 Å². The molecule has 1 aromatic carbocycles. The molecule has 7 nitrogen and oxygen atoms in total. The number of aryl methyl sites for hydroxylation is 1. The van der Waals surface area contributed by atoms with Crippen molar-refractivity contribution in [3.63, 3.8) is 0 Å². The number of rotatable bonds is 5. The number of pyridine rings is 2. The molecule has 0 radical (unpaired) electrons. The molecule has 3 heterocycles. The first-order chi connectivity index (χ1) is 16.9. The molecule has 1 fully saturated rings. The number of hydrogen-bond donors (Lipinski definition) is 2. The van der Waals surface area contributed by atoms with E-state index in [-0.39, 0.29) is 11.6 Å². The fourth-order valence-electron chi connectivity index (χ4n) is 4.87. The largest absolute Gasteiger partial charge is 0.357 e. The van der Waals surface area contributed by atoms with Gasteiger partial charge in [-0.25, -0.2) is 4.98 Å². The maximum Gasteiger partial charge on any atom is 0.260 e. The van der Waals surface area contributed by atoms with Crippen molar-refractivity contribution in [1.82, 2.24) is 19.5 Å². The topological polar surface area (TPSA) is 98.7 Å². The van der Waals surface area contributed by atoms with Crippen LogP contribution >= 0.6 is 11.6 Å². The second kappa shape index (κ2) is 9.76. The van der Waals surface area contributed by atoms with Crippen molar-refractivity contribution in [2.75, 3.05) is 12.4 Å². The molecule has 180 valence electrons. The molecule has 8 heteroatoms. The summed E-state index contributed by atoms with van der Waals surface area (Å²) in [7, 11) is 1.77. The van der Waals surface area contributed by atoms with Gasteiger partial charge in [0, 0.05) is 58.6 Å². The molecule has 4 aromatic rings. The summed E-state index contributed by atoms with van der Waals surface area (Å²) in [5, 5.41) is 4.28. The van der Waals surface area contributed by atoms with E-state index in [1.807, 2.05) is 49.4 Å². The van der Waals surface area contributed by atoms with Gasteiger partial charge in [0.25, 0.3) is 5.56 Å². The van der Waals surface area contributed by atoms with Gasteiger partial charge in [0.05, 0.1) is 5.69 Å². The Labute approximate surface area is 209 Å². The van der Waals surface area contributed by atoms with Crippen LogP contribution in [0.3, 0.4) is 0 Å². The predicted molar refractivity (Wildman–Crippen MR) is 142 cm³/mol. The number of nitrogens with two attached hydrogens (primary N) is 1. The highest BCUT2D eigenvalue weighted by Crippen LogP contribution is 2.32. The number of fused-ring (bicyclic) bond motifs is 1. The summed E-state index contributed by atoms with van der Waals surface area (Å²) in [6.07, 6.45) is 5.72. The van der Waals surface area contributed by atoms with Crippen molar-refractivity contribution in [3.8, 4) is 22.4 Å². The van der Waals surface area contributed by atoms with Crippen molar-refractivity contribution < 1.29 is 0 Å². The van der Waals surface area contributed by atoms with Gasteiger partial charge in [-0.15, -0.1) is 0 Å². The van der Waals surface area contributed by atoms with E-state index < -0.39 is 0 Å². The van der Waals surface area contributed by atoms with E-state index in [2.05, 4.69) is 20.3 Å². The standard InChI is InChI=1S/C27H29ClN6O/c1-16-4-3-5-24(32-16)18-8-11-21(23(28)13-18)22-12-19-14-31-27(30-2)33-25(19)34(26(22)35)15-17-6-9-20(29)10-7-17/h3-5,8,11-14,17,20H,6-7,9-10,15,29H2,1-2H3,(H,30,31,33). The monoisotopic (exact) mass is 488 g/mol. The third-order valence-electron chi connectivity index (χ3n) is 6.83. The van der Waals surface area contributed by atoms with Gasteiger partial charge >= 0.3 is 0 Å². The molecule has 0 spiro atoms. The lowest BCUT2D eigenvalue weighted by molar-refractivity contribution is 0.295. The van der Waals surface area contributed by atoms with Crippen LogP contribution in [-0.4, -0.2) is 32.6 Å². The van der Waals surface area contributed by atoms with E-state index >= 15 is 0 Å². The normalized spacial score (nSPS) is 18.1. The van der Waals surface area contributed by atoms with Gasteiger partial charge < -0.3 is 11.1 Å². The lowest BCUT2D eigenvalue weighted by Crippen LogP contribution is -2.31.